The van der Waals surface area contributed by atoms with Crippen molar-refractivity contribution in [1.82, 2.24) is 14.9 Å². The van der Waals surface area contributed by atoms with Crippen LogP contribution in [0.5, 0.6) is 0 Å². The number of ether oxygens (including phenoxy) is 2. The van der Waals surface area contributed by atoms with Gasteiger partial charge in [0.25, 0.3) is 0 Å². The molecule has 3 aromatic rings. The standard InChI is InChI=1S/C26H29N5O3S/c1-33-17-23(32)28-18-9-11-19(12-10-18)31-25(24(29-26(31)35)21-7-2-3-13-27-21)22-8-4-14-30(22)16-20-6-5-15-34-20/h2-4,7-14,20,24-25H,5-6,15-17H2,1H3,(H,28,32)(H,29,35)/t20-,24-,25-/m1/s1. The minimum absolute atomic E-state index is 0.0113. The Hall–Kier alpha value is -3.27. The molecule has 2 saturated heterocycles. The third-order valence-corrected chi connectivity index (χ3v) is 6.71. The predicted octanol–water partition coefficient (Wildman–Crippen LogP) is 3.82. The van der Waals surface area contributed by atoms with E-state index in [0.29, 0.717) is 10.8 Å². The van der Waals surface area contributed by atoms with Crippen molar-refractivity contribution in [2.45, 2.75) is 37.6 Å². The van der Waals surface area contributed by atoms with Gasteiger partial charge < -0.3 is 29.6 Å². The van der Waals surface area contributed by atoms with E-state index in [1.165, 1.54) is 7.11 Å². The molecule has 5 rings (SSSR count). The Labute approximate surface area is 210 Å². The van der Waals surface area contributed by atoms with Gasteiger partial charge in [-0.3, -0.25) is 9.78 Å². The van der Waals surface area contributed by atoms with E-state index in [9.17, 15) is 4.79 Å². The molecule has 4 heterocycles. The normalized spacial score (nSPS) is 21.8. The minimum Gasteiger partial charge on any atom is -0.376 e. The SMILES string of the molecule is COCC(=O)Nc1ccc(N2C(=S)N[C@H](c3ccccn3)[C@H]2c2cccn2C[C@H]2CCCO2)cc1. The summed E-state index contributed by atoms with van der Waals surface area (Å²) in [6.45, 7) is 1.64. The fourth-order valence-electron chi connectivity index (χ4n) is 4.84. The Morgan fingerprint density at radius 2 is 2.09 bits per heavy atom. The molecule has 2 fully saturated rings. The first-order chi connectivity index (χ1) is 17.1. The average Bonchev–Trinajstić information content (AvgIpc) is 3.61. The van der Waals surface area contributed by atoms with Crippen molar-refractivity contribution >= 4 is 34.6 Å². The third kappa shape index (κ3) is 5.07. The summed E-state index contributed by atoms with van der Waals surface area (Å²) in [6.07, 6.45) is 6.32. The quantitative estimate of drug-likeness (QED) is 0.464. The van der Waals surface area contributed by atoms with Crippen LogP contribution in [0.3, 0.4) is 0 Å². The number of hydrogen-bond acceptors (Lipinski definition) is 5. The first kappa shape index (κ1) is 23.5. The molecular formula is C26H29N5O3S. The van der Waals surface area contributed by atoms with Gasteiger partial charge in [0, 0.05) is 49.7 Å². The van der Waals surface area contributed by atoms with Gasteiger partial charge in [0.1, 0.15) is 12.6 Å². The highest BCUT2D eigenvalue weighted by Crippen LogP contribution is 2.42. The third-order valence-electron chi connectivity index (χ3n) is 6.39. The van der Waals surface area contributed by atoms with Crippen LogP contribution < -0.4 is 15.5 Å². The zero-order chi connectivity index (χ0) is 24.2. The number of thiocarbonyl (C=S) groups is 1. The summed E-state index contributed by atoms with van der Waals surface area (Å²) in [5.74, 6) is -0.196. The number of benzene rings is 1. The number of carbonyl (C=O) groups excluding carboxylic acids is 1. The molecule has 0 bridgehead atoms. The molecule has 2 aliphatic rings. The Kier molecular flexibility index (Phi) is 7.08. The highest BCUT2D eigenvalue weighted by atomic mass is 32.1. The molecule has 9 heteroatoms. The molecule has 3 atom stereocenters. The van der Waals surface area contributed by atoms with E-state index in [1.807, 2.05) is 48.7 Å². The molecule has 2 aliphatic heterocycles. The van der Waals surface area contributed by atoms with Crippen LogP contribution in [0.2, 0.25) is 0 Å². The number of anilines is 2. The van der Waals surface area contributed by atoms with Gasteiger partial charge >= 0.3 is 0 Å². The van der Waals surface area contributed by atoms with Crippen LogP contribution in [0.25, 0.3) is 0 Å². The number of hydrogen-bond donors (Lipinski definition) is 2. The average molecular weight is 492 g/mol. The first-order valence-corrected chi connectivity index (χ1v) is 12.2. The van der Waals surface area contributed by atoms with Gasteiger partial charge in [-0.25, -0.2) is 0 Å². The lowest BCUT2D eigenvalue weighted by atomic mass is 10.0. The molecule has 0 unspecified atom stereocenters. The van der Waals surface area contributed by atoms with E-state index in [1.54, 1.807) is 0 Å². The van der Waals surface area contributed by atoms with Crippen LogP contribution in [0, 0.1) is 0 Å². The van der Waals surface area contributed by atoms with Crippen LogP contribution >= 0.6 is 12.2 Å². The molecular weight excluding hydrogens is 462 g/mol. The molecule has 182 valence electrons. The van der Waals surface area contributed by atoms with E-state index >= 15 is 0 Å². The smallest absolute Gasteiger partial charge is 0.250 e. The fourth-order valence-corrected chi connectivity index (χ4v) is 5.18. The molecule has 0 aliphatic carbocycles. The maximum absolute atomic E-state index is 11.9. The number of nitrogens with zero attached hydrogens (tertiary/aromatic N) is 3. The zero-order valence-electron chi connectivity index (χ0n) is 19.6. The Morgan fingerprint density at radius 1 is 1.23 bits per heavy atom. The zero-order valence-corrected chi connectivity index (χ0v) is 20.4. The maximum atomic E-state index is 11.9. The number of nitrogens with one attached hydrogen (secondary N) is 2. The van der Waals surface area contributed by atoms with Crippen LogP contribution in [0.1, 0.15) is 36.3 Å². The van der Waals surface area contributed by atoms with Crippen molar-refractivity contribution in [3.63, 3.8) is 0 Å². The fraction of sp³-hybridized carbons (Fsp3) is 0.346. The van der Waals surface area contributed by atoms with Gasteiger partial charge in [-0.05, 0) is 73.6 Å². The van der Waals surface area contributed by atoms with Gasteiger partial charge in [0.05, 0.1) is 17.8 Å². The second kappa shape index (κ2) is 10.6. The van der Waals surface area contributed by atoms with Gasteiger partial charge in [-0.1, -0.05) is 6.07 Å². The van der Waals surface area contributed by atoms with Crippen LogP contribution in [0.4, 0.5) is 11.4 Å². The van der Waals surface area contributed by atoms with Gasteiger partial charge in [0.15, 0.2) is 5.11 Å². The molecule has 35 heavy (non-hydrogen) atoms. The molecule has 1 aromatic carbocycles. The Bertz CT molecular complexity index is 1160. The van der Waals surface area contributed by atoms with Crippen molar-refractivity contribution in [2.24, 2.45) is 0 Å². The summed E-state index contributed by atoms with van der Waals surface area (Å²) in [4.78, 5) is 18.7. The topological polar surface area (TPSA) is 80.7 Å². The van der Waals surface area contributed by atoms with Crippen LogP contribution in [-0.2, 0) is 20.8 Å². The number of methoxy groups -OCH3 is 1. The number of aromatic nitrogens is 2. The maximum Gasteiger partial charge on any atom is 0.250 e. The summed E-state index contributed by atoms with van der Waals surface area (Å²) in [5.41, 5.74) is 3.70. The second-order valence-corrected chi connectivity index (χ2v) is 9.13. The summed E-state index contributed by atoms with van der Waals surface area (Å²) >= 11 is 5.84. The van der Waals surface area contributed by atoms with E-state index in [-0.39, 0.29) is 30.7 Å². The van der Waals surface area contributed by atoms with Crippen molar-refractivity contribution < 1.29 is 14.3 Å². The van der Waals surface area contributed by atoms with Crippen LogP contribution in [-0.4, -0.2) is 47.0 Å². The van der Waals surface area contributed by atoms with Crippen molar-refractivity contribution in [3.05, 3.63) is 78.4 Å². The van der Waals surface area contributed by atoms with Gasteiger partial charge in [-0.2, -0.15) is 0 Å². The second-order valence-electron chi connectivity index (χ2n) is 8.75. The molecule has 0 spiro atoms. The molecule has 0 radical (unpaired) electrons. The van der Waals surface area contributed by atoms with Crippen molar-refractivity contribution in [2.75, 3.05) is 30.5 Å². The van der Waals surface area contributed by atoms with E-state index in [0.717, 1.165) is 43.1 Å². The van der Waals surface area contributed by atoms with Crippen LogP contribution in [0.15, 0.2) is 67.0 Å². The largest absolute Gasteiger partial charge is 0.376 e. The van der Waals surface area contributed by atoms with Crippen molar-refractivity contribution in [1.29, 1.82) is 0 Å². The molecule has 8 nitrogen and oxygen atoms in total. The van der Waals surface area contributed by atoms with E-state index < -0.39 is 0 Å². The van der Waals surface area contributed by atoms with Gasteiger partial charge in [0.2, 0.25) is 5.91 Å². The predicted molar refractivity (Wildman–Crippen MR) is 138 cm³/mol. The summed E-state index contributed by atoms with van der Waals surface area (Å²) in [6, 6.07) is 17.6. The number of pyridine rings is 1. The van der Waals surface area contributed by atoms with Crippen molar-refractivity contribution in [3.8, 4) is 0 Å². The minimum atomic E-state index is -0.196. The Balaban J connectivity index is 1.48. The van der Waals surface area contributed by atoms with Gasteiger partial charge in [-0.15, -0.1) is 0 Å². The molecule has 2 aromatic heterocycles. The molecule has 1 amide bonds. The monoisotopic (exact) mass is 491 g/mol. The number of amides is 1. The number of rotatable bonds is 8. The lowest BCUT2D eigenvalue weighted by molar-refractivity contribution is -0.119. The Morgan fingerprint density at radius 3 is 2.80 bits per heavy atom. The summed E-state index contributed by atoms with van der Waals surface area (Å²) in [7, 11) is 1.50. The highest BCUT2D eigenvalue weighted by molar-refractivity contribution is 7.80. The lowest BCUT2D eigenvalue weighted by Crippen LogP contribution is -2.31. The summed E-state index contributed by atoms with van der Waals surface area (Å²) < 4.78 is 13.1. The molecule has 2 N–H and O–H groups in total. The first-order valence-electron chi connectivity index (χ1n) is 11.8. The van der Waals surface area contributed by atoms with E-state index in [2.05, 4.69) is 43.4 Å². The molecule has 0 saturated carbocycles. The lowest BCUT2D eigenvalue weighted by Gasteiger charge is -2.29. The van der Waals surface area contributed by atoms with E-state index in [4.69, 9.17) is 21.7 Å². The summed E-state index contributed by atoms with van der Waals surface area (Å²) in [5, 5.41) is 6.97. The highest BCUT2D eigenvalue weighted by Gasteiger charge is 2.42. The number of carbonyl (C=O) groups is 1.